The first kappa shape index (κ1) is 14.4. The van der Waals surface area contributed by atoms with Crippen molar-refractivity contribution < 1.29 is 4.79 Å². The van der Waals surface area contributed by atoms with Gasteiger partial charge in [0.1, 0.15) is 0 Å². The molecule has 2 aromatic rings. The smallest absolute Gasteiger partial charge is 0.251 e. The van der Waals surface area contributed by atoms with E-state index in [0.29, 0.717) is 11.6 Å². The van der Waals surface area contributed by atoms with Crippen molar-refractivity contribution in [3.05, 3.63) is 50.7 Å². The van der Waals surface area contributed by atoms with Crippen molar-refractivity contribution in [2.45, 2.75) is 25.3 Å². The molecular formula is C16H17ClN2OS. The van der Waals surface area contributed by atoms with E-state index in [1.165, 1.54) is 16.9 Å². The molecule has 110 valence electrons. The standard InChI is InChI=1S/C16H17ClN2OS/c1-18-16(20)10-5-7-11(8-6-10)19-13-3-2-4-14-12(13)9-15(17)21-14/h5-9,13,19H,2-4H2,1H3,(H,18,20). The molecule has 2 N–H and O–H groups in total. The number of carbonyl (C=O) groups excluding carboxylic acids is 1. The van der Waals surface area contributed by atoms with Crippen molar-refractivity contribution in [1.29, 1.82) is 0 Å². The summed E-state index contributed by atoms with van der Waals surface area (Å²) in [6.07, 6.45) is 3.41. The second-order valence-electron chi connectivity index (χ2n) is 5.17. The van der Waals surface area contributed by atoms with Crippen LogP contribution in [0.2, 0.25) is 4.34 Å². The molecule has 1 aliphatic rings. The molecule has 0 saturated carbocycles. The number of hydrogen-bond donors (Lipinski definition) is 2. The molecule has 1 aromatic carbocycles. The fraction of sp³-hybridized carbons (Fsp3) is 0.312. The minimum atomic E-state index is -0.0638. The highest BCUT2D eigenvalue weighted by Gasteiger charge is 2.22. The number of nitrogens with one attached hydrogen (secondary N) is 2. The molecule has 0 spiro atoms. The number of carbonyl (C=O) groups is 1. The molecule has 1 atom stereocenters. The monoisotopic (exact) mass is 320 g/mol. The summed E-state index contributed by atoms with van der Waals surface area (Å²) in [6, 6.07) is 9.97. The van der Waals surface area contributed by atoms with Crippen LogP contribution >= 0.6 is 22.9 Å². The summed E-state index contributed by atoms with van der Waals surface area (Å²) < 4.78 is 0.865. The second kappa shape index (κ2) is 6.08. The molecule has 1 amide bonds. The Bertz CT molecular complexity index is 651. The maximum Gasteiger partial charge on any atom is 0.251 e. The van der Waals surface area contributed by atoms with Crippen LogP contribution in [0.3, 0.4) is 0 Å². The molecule has 0 radical (unpaired) electrons. The molecule has 0 saturated heterocycles. The van der Waals surface area contributed by atoms with Crippen LogP contribution in [-0.2, 0) is 6.42 Å². The lowest BCUT2D eigenvalue weighted by molar-refractivity contribution is 0.0963. The predicted octanol–water partition coefficient (Wildman–Crippen LogP) is 4.25. The summed E-state index contributed by atoms with van der Waals surface area (Å²) in [7, 11) is 1.64. The number of benzene rings is 1. The van der Waals surface area contributed by atoms with E-state index in [1.54, 1.807) is 18.4 Å². The van der Waals surface area contributed by atoms with Gasteiger partial charge in [-0.1, -0.05) is 11.6 Å². The minimum absolute atomic E-state index is 0.0638. The topological polar surface area (TPSA) is 41.1 Å². The maximum absolute atomic E-state index is 11.5. The summed E-state index contributed by atoms with van der Waals surface area (Å²) in [4.78, 5) is 12.9. The van der Waals surface area contributed by atoms with Crippen molar-refractivity contribution in [2.75, 3.05) is 12.4 Å². The van der Waals surface area contributed by atoms with E-state index in [4.69, 9.17) is 11.6 Å². The van der Waals surface area contributed by atoms with Gasteiger partial charge in [-0.2, -0.15) is 0 Å². The number of anilines is 1. The Hall–Kier alpha value is -1.52. The second-order valence-corrected chi connectivity index (χ2v) is 6.94. The van der Waals surface area contributed by atoms with Gasteiger partial charge in [-0.15, -0.1) is 11.3 Å². The summed E-state index contributed by atoms with van der Waals surface area (Å²) in [5, 5.41) is 6.18. The Morgan fingerprint density at radius 1 is 1.33 bits per heavy atom. The van der Waals surface area contributed by atoms with Crippen LogP contribution in [-0.4, -0.2) is 13.0 Å². The van der Waals surface area contributed by atoms with E-state index in [2.05, 4.69) is 16.7 Å². The van der Waals surface area contributed by atoms with E-state index in [0.717, 1.165) is 22.9 Å². The number of thiophene rings is 1. The third-order valence-electron chi connectivity index (χ3n) is 3.80. The molecule has 3 nitrogen and oxygen atoms in total. The Kier molecular flexibility index (Phi) is 4.17. The third-order valence-corrected chi connectivity index (χ3v) is 5.14. The first-order valence-electron chi connectivity index (χ1n) is 7.04. The van der Waals surface area contributed by atoms with Crippen LogP contribution in [0.25, 0.3) is 0 Å². The highest BCUT2D eigenvalue weighted by Crippen LogP contribution is 2.39. The van der Waals surface area contributed by atoms with Gasteiger partial charge in [0.05, 0.1) is 10.4 Å². The zero-order valence-electron chi connectivity index (χ0n) is 11.8. The van der Waals surface area contributed by atoms with Gasteiger partial charge in [-0.25, -0.2) is 0 Å². The highest BCUT2D eigenvalue weighted by molar-refractivity contribution is 7.16. The van der Waals surface area contributed by atoms with Crippen LogP contribution in [0.15, 0.2) is 30.3 Å². The number of amides is 1. The lowest BCUT2D eigenvalue weighted by Gasteiger charge is -2.24. The van der Waals surface area contributed by atoms with Crippen molar-refractivity contribution in [2.24, 2.45) is 0 Å². The van der Waals surface area contributed by atoms with Gasteiger partial charge in [0, 0.05) is 23.2 Å². The summed E-state index contributed by atoms with van der Waals surface area (Å²) >= 11 is 7.82. The van der Waals surface area contributed by atoms with E-state index >= 15 is 0 Å². The lowest BCUT2D eigenvalue weighted by Crippen LogP contribution is -2.18. The summed E-state index contributed by atoms with van der Waals surface area (Å²) in [6.45, 7) is 0. The Morgan fingerprint density at radius 2 is 2.10 bits per heavy atom. The largest absolute Gasteiger partial charge is 0.378 e. The van der Waals surface area contributed by atoms with Gasteiger partial charge in [0.2, 0.25) is 0 Å². The maximum atomic E-state index is 11.5. The van der Waals surface area contributed by atoms with Gasteiger partial charge in [-0.3, -0.25) is 4.79 Å². The van der Waals surface area contributed by atoms with Crippen LogP contribution < -0.4 is 10.6 Å². The van der Waals surface area contributed by atoms with Gasteiger partial charge in [0.15, 0.2) is 0 Å². The predicted molar refractivity (Wildman–Crippen MR) is 88.5 cm³/mol. The van der Waals surface area contributed by atoms with Crippen LogP contribution in [0.5, 0.6) is 0 Å². The molecular weight excluding hydrogens is 304 g/mol. The van der Waals surface area contributed by atoms with Crippen LogP contribution in [0, 0.1) is 0 Å². The molecule has 21 heavy (non-hydrogen) atoms. The van der Waals surface area contributed by atoms with Crippen molar-refractivity contribution in [3.8, 4) is 0 Å². The minimum Gasteiger partial charge on any atom is -0.378 e. The van der Waals surface area contributed by atoms with E-state index in [-0.39, 0.29) is 5.91 Å². The molecule has 1 heterocycles. The van der Waals surface area contributed by atoms with Gasteiger partial charge in [0.25, 0.3) is 5.91 Å². The average Bonchev–Trinajstić information content (AvgIpc) is 2.88. The van der Waals surface area contributed by atoms with E-state index < -0.39 is 0 Å². The first-order chi connectivity index (χ1) is 10.2. The zero-order valence-corrected chi connectivity index (χ0v) is 13.4. The Morgan fingerprint density at radius 3 is 2.81 bits per heavy atom. The van der Waals surface area contributed by atoms with Crippen molar-refractivity contribution in [1.82, 2.24) is 5.32 Å². The fourth-order valence-electron chi connectivity index (χ4n) is 2.73. The molecule has 1 aromatic heterocycles. The molecule has 3 rings (SSSR count). The molecule has 0 aliphatic heterocycles. The number of rotatable bonds is 3. The Balaban J connectivity index is 1.77. The highest BCUT2D eigenvalue weighted by atomic mass is 35.5. The number of hydrogen-bond acceptors (Lipinski definition) is 3. The first-order valence-corrected chi connectivity index (χ1v) is 8.23. The summed E-state index contributed by atoms with van der Waals surface area (Å²) in [5.41, 5.74) is 3.03. The van der Waals surface area contributed by atoms with Crippen LogP contribution in [0.1, 0.15) is 39.7 Å². The third kappa shape index (κ3) is 3.06. The molecule has 0 fully saturated rings. The lowest BCUT2D eigenvalue weighted by atomic mass is 9.94. The fourth-order valence-corrected chi connectivity index (χ4v) is 4.12. The number of halogens is 1. The van der Waals surface area contributed by atoms with E-state index in [1.807, 2.05) is 24.3 Å². The number of aryl methyl sites for hydroxylation is 1. The van der Waals surface area contributed by atoms with E-state index in [9.17, 15) is 4.79 Å². The normalized spacial score (nSPS) is 17.1. The molecule has 5 heteroatoms. The van der Waals surface area contributed by atoms with Gasteiger partial charge < -0.3 is 10.6 Å². The Labute approximate surface area is 133 Å². The summed E-state index contributed by atoms with van der Waals surface area (Å²) in [5.74, 6) is -0.0638. The molecule has 0 bridgehead atoms. The number of fused-ring (bicyclic) bond motifs is 1. The van der Waals surface area contributed by atoms with Gasteiger partial charge in [-0.05, 0) is 55.2 Å². The van der Waals surface area contributed by atoms with Crippen LogP contribution in [0.4, 0.5) is 5.69 Å². The van der Waals surface area contributed by atoms with Gasteiger partial charge >= 0.3 is 0 Å². The van der Waals surface area contributed by atoms with Crippen molar-refractivity contribution in [3.63, 3.8) is 0 Å². The van der Waals surface area contributed by atoms with Crippen molar-refractivity contribution >= 4 is 34.5 Å². The quantitative estimate of drug-likeness (QED) is 0.887. The average molecular weight is 321 g/mol. The SMILES string of the molecule is CNC(=O)c1ccc(NC2CCCc3sc(Cl)cc32)cc1. The zero-order chi connectivity index (χ0) is 14.8. The molecule has 1 unspecified atom stereocenters. The molecule has 1 aliphatic carbocycles.